The van der Waals surface area contributed by atoms with Crippen LogP contribution in [-0.2, 0) is 14.3 Å². The first-order valence-electron chi connectivity index (χ1n) is 8.98. The van der Waals surface area contributed by atoms with Gasteiger partial charge in [-0.2, -0.15) is 0 Å². The molecule has 0 N–H and O–H groups in total. The number of ether oxygens (including phenoxy) is 3. The van der Waals surface area contributed by atoms with E-state index in [4.69, 9.17) is 14.2 Å². The van der Waals surface area contributed by atoms with E-state index in [1.54, 1.807) is 31.4 Å². The summed E-state index contributed by atoms with van der Waals surface area (Å²) >= 11 is 0. The van der Waals surface area contributed by atoms with E-state index in [1.165, 1.54) is 0 Å². The molecule has 26 heavy (non-hydrogen) atoms. The van der Waals surface area contributed by atoms with E-state index in [2.05, 4.69) is 6.92 Å². The van der Waals surface area contributed by atoms with Crippen LogP contribution in [0.1, 0.15) is 56.3 Å². The number of benzene rings is 1. The number of rotatable bonds is 8. The molecule has 0 aromatic heterocycles. The van der Waals surface area contributed by atoms with Gasteiger partial charge in [-0.1, -0.05) is 19.8 Å². The van der Waals surface area contributed by atoms with E-state index in [1.807, 2.05) is 19.1 Å². The Labute approximate surface area is 154 Å². The molecule has 1 unspecified atom stereocenters. The molecule has 1 aromatic rings. The maximum absolute atomic E-state index is 12.3. The first-order chi connectivity index (χ1) is 12.5. The van der Waals surface area contributed by atoms with Crippen LogP contribution in [-0.4, -0.2) is 25.2 Å². The van der Waals surface area contributed by atoms with Crippen LogP contribution in [0.2, 0.25) is 0 Å². The molecule has 1 atom stereocenters. The van der Waals surface area contributed by atoms with Crippen LogP contribution in [0.3, 0.4) is 0 Å². The number of carbonyl (C=O) groups excluding carboxylic acids is 2. The Balaban J connectivity index is 1.87. The highest BCUT2D eigenvalue weighted by molar-refractivity contribution is 5.89. The lowest BCUT2D eigenvalue weighted by molar-refractivity contribution is -0.134. The monoisotopic (exact) mass is 358 g/mol. The van der Waals surface area contributed by atoms with Gasteiger partial charge in [-0.15, -0.1) is 0 Å². The summed E-state index contributed by atoms with van der Waals surface area (Å²) in [5, 5.41) is 0. The standard InChI is InChI=1S/C21H26O5/c1-4-5-6-7-20(22)25-17-10-8-16(9-11-17)21(23)26-18-12-13-19(24-3)15(2)14-18/h8-11,13-14,18H,4-7,12H2,1-3H3. The third-order valence-corrected chi connectivity index (χ3v) is 4.14. The summed E-state index contributed by atoms with van der Waals surface area (Å²) in [4.78, 5) is 24.0. The molecule has 1 aliphatic rings. The molecule has 5 heteroatoms. The Morgan fingerprint density at radius 3 is 2.50 bits per heavy atom. The lowest BCUT2D eigenvalue weighted by Crippen LogP contribution is -2.18. The van der Waals surface area contributed by atoms with Gasteiger partial charge < -0.3 is 14.2 Å². The Morgan fingerprint density at radius 1 is 1.15 bits per heavy atom. The summed E-state index contributed by atoms with van der Waals surface area (Å²) in [6.45, 7) is 4.00. The van der Waals surface area contributed by atoms with Crippen LogP contribution in [0, 0.1) is 0 Å². The van der Waals surface area contributed by atoms with Gasteiger partial charge in [-0.3, -0.25) is 4.79 Å². The zero-order valence-electron chi connectivity index (χ0n) is 15.6. The second-order valence-corrected chi connectivity index (χ2v) is 6.26. The van der Waals surface area contributed by atoms with Gasteiger partial charge in [-0.05, 0) is 55.3 Å². The van der Waals surface area contributed by atoms with Crippen molar-refractivity contribution in [3.63, 3.8) is 0 Å². The van der Waals surface area contributed by atoms with Crippen molar-refractivity contribution < 1.29 is 23.8 Å². The number of esters is 2. The van der Waals surface area contributed by atoms with Crippen molar-refractivity contribution in [3.05, 3.63) is 53.3 Å². The van der Waals surface area contributed by atoms with Crippen LogP contribution < -0.4 is 4.74 Å². The minimum absolute atomic E-state index is 0.252. The Kier molecular flexibility index (Phi) is 7.45. The van der Waals surface area contributed by atoms with Crippen LogP contribution in [0.25, 0.3) is 0 Å². The Hall–Kier alpha value is -2.56. The van der Waals surface area contributed by atoms with Crippen LogP contribution in [0.5, 0.6) is 5.75 Å². The fourth-order valence-corrected chi connectivity index (χ4v) is 2.71. The molecule has 0 amide bonds. The second kappa shape index (κ2) is 9.80. The number of methoxy groups -OCH3 is 1. The molecule has 0 saturated carbocycles. The van der Waals surface area contributed by atoms with E-state index in [-0.39, 0.29) is 12.1 Å². The van der Waals surface area contributed by atoms with Crippen molar-refractivity contribution in [2.75, 3.05) is 7.11 Å². The van der Waals surface area contributed by atoms with Crippen molar-refractivity contribution in [2.24, 2.45) is 0 Å². The van der Waals surface area contributed by atoms with Crippen molar-refractivity contribution in [1.82, 2.24) is 0 Å². The molecule has 0 fully saturated rings. The molecular weight excluding hydrogens is 332 g/mol. The molecule has 2 rings (SSSR count). The van der Waals surface area contributed by atoms with E-state index in [0.29, 0.717) is 24.2 Å². The lowest BCUT2D eigenvalue weighted by Gasteiger charge is -2.19. The van der Waals surface area contributed by atoms with Crippen LogP contribution >= 0.6 is 0 Å². The summed E-state index contributed by atoms with van der Waals surface area (Å²) in [6, 6.07) is 6.43. The highest BCUT2D eigenvalue weighted by Crippen LogP contribution is 2.22. The molecule has 0 saturated heterocycles. The largest absolute Gasteiger partial charge is 0.497 e. The van der Waals surface area contributed by atoms with Gasteiger partial charge in [0.25, 0.3) is 0 Å². The first kappa shape index (κ1) is 19.8. The third kappa shape index (κ3) is 5.76. The van der Waals surface area contributed by atoms with Gasteiger partial charge in [0.1, 0.15) is 17.6 Å². The first-order valence-corrected chi connectivity index (χ1v) is 8.98. The smallest absolute Gasteiger partial charge is 0.338 e. The minimum Gasteiger partial charge on any atom is -0.497 e. The number of hydrogen-bond acceptors (Lipinski definition) is 5. The molecule has 0 bridgehead atoms. The number of hydrogen-bond donors (Lipinski definition) is 0. The predicted molar refractivity (Wildman–Crippen MR) is 98.9 cm³/mol. The van der Waals surface area contributed by atoms with Gasteiger partial charge in [0.2, 0.25) is 0 Å². The van der Waals surface area contributed by atoms with Crippen LogP contribution in [0.4, 0.5) is 0 Å². The molecule has 5 nitrogen and oxygen atoms in total. The number of unbranched alkanes of at least 4 members (excludes halogenated alkanes) is 2. The molecule has 140 valence electrons. The highest BCUT2D eigenvalue weighted by atomic mass is 16.5. The maximum atomic E-state index is 12.3. The van der Waals surface area contributed by atoms with Crippen molar-refractivity contribution >= 4 is 11.9 Å². The minimum atomic E-state index is -0.408. The van der Waals surface area contributed by atoms with Gasteiger partial charge >= 0.3 is 11.9 Å². The van der Waals surface area contributed by atoms with Crippen LogP contribution in [0.15, 0.2) is 47.7 Å². The molecule has 1 aliphatic carbocycles. The Bertz CT molecular complexity index is 685. The fraction of sp³-hybridized carbons (Fsp3) is 0.429. The molecular formula is C21H26O5. The fourth-order valence-electron chi connectivity index (χ4n) is 2.71. The summed E-state index contributed by atoms with van der Waals surface area (Å²) in [5.41, 5.74) is 1.37. The normalized spacial score (nSPS) is 16.3. The summed E-state index contributed by atoms with van der Waals surface area (Å²) in [5.74, 6) is 0.581. The lowest BCUT2D eigenvalue weighted by atomic mass is 10.0. The SMILES string of the molecule is CCCCCC(=O)Oc1ccc(C(=O)OC2C=C(C)C(OC)=CC2)cc1. The number of allylic oxidation sites excluding steroid dienone is 1. The van der Waals surface area contributed by atoms with Gasteiger partial charge in [0.05, 0.1) is 12.7 Å². The second-order valence-electron chi connectivity index (χ2n) is 6.26. The maximum Gasteiger partial charge on any atom is 0.338 e. The van der Waals surface area contributed by atoms with Crippen molar-refractivity contribution in [2.45, 2.75) is 52.1 Å². The van der Waals surface area contributed by atoms with Crippen molar-refractivity contribution in [3.8, 4) is 5.75 Å². The topological polar surface area (TPSA) is 61.8 Å². The van der Waals surface area contributed by atoms with Crippen molar-refractivity contribution in [1.29, 1.82) is 0 Å². The summed E-state index contributed by atoms with van der Waals surface area (Å²) < 4.78 is 16.0. The molecule has 0 spiro atoms. The average molecular weight is 358 g/mol. The summed E-state index contributed by atoms with van der Waals surface area (Å²) in [6.07, 6.45) is 7.36. The van der Waals surface area contributed by atoms with Gasteiger partial charge in [-0.25, -0.2) is 4.79 Å². The molecule has 0 heterocycles. The highest BCUT2D eigenvalue weighted by Gasteiger charge is 2.18. The van der Waals surface area contributed by atoms with Gasteiger partial charge in [0, 0.05) is 12.8 Å². The quantitative estimate of drug-likeness (QED) is 0.387. The average Bonchev–Trinajstić information content (AvgIpc) is 2.62. The van der Waals surface area contributed by atoms with E-state index in [0.717, 1.165) is 30.6 Å². The van der Waals surface area contributed by atoms with E-state index in [9.17, 15) is 9.59 Å². The number of carbonyl (C=O) groups is 2. The molecule has 0 radical (unpaired) electrons. The summed E-state index contributed by atoms with van der Waals surface area (Å²) in [7, 11) is 1.62. The van der Waals surface area contributed by atoms with E-state index < -0.39 is 5.97 Å². The molecule has 1 aromatic carbocycles. The zero-order chi connectivity index (χ0) is 18.9. The molecule has 0 aliphatic heterocycles. The van der Waals surface area contributed by atoms with E-state index >= 15 is 0 Å². The predicted octanol–water partition coefficient (Wildman–Crippen LogP) is 4.58. The van der Waals surface area contributed by atoms with Gasteiger partial charge in [0.15, 0.2) is 0 Å². The third-order valence-electron chi connectivity index (χ3n) is 4.14. The zero-order valence-corrected chi connectivity index (χ0v) is 15.6. The Morgan fingerprint density at radius 2 is 1.88 bits per heavy atom.